The summed E-state index contributed by atoms with van der Waals surface area (Å²) in [4.78, 5) is 16.2. The fourth-order valence-electron chi connectivity index (χ4n) is 2.33. The molecule has 0 spiro atoms. The van der Waals surface area contributed by atoms with Gasteiger partial charge in [-0.3, -0.25) is 0 Å². The molecule has 5 heteroatoms. The molecule has 21 heavy (non-hydrogen) atoms. The SMILES string of the molecule is CC(C)(C)c1ccccc1NCC(O)Cc1c[nH]c(=O)[nH]1. The number of rotatable bonds is 5. The van der Waals surface area contributed by atoms with Crippen molar-refractivity contribution >= 4 is 5.69 Å². The number of nitrogens with one attached hydrogen (secondary N) is 3. The molecule has 0 bridgehead atoms. The van der Waals surface area contributed by atoms with Gasteiger partial charge in [-0.25, -0.2) is 4.79 Å². The van der Waals surface area contributed by atoms with Gasteiger partial charge in [-0.05, 0) is 17.0 Å². The Labute approximate surface area is 124 Å². The smallest absolute Gasteiger partial charge is 0.323 e. The number of aromatic nitrogens is 2. The number of benzene rings is 1. The van der Waals surface area contributed by atoms with Crippen LogP contribution >= 0.6 is 0 Å². The molecule has 0 saturated heterocycles. The predicted molar refractivity (Wildman–Crippen MR) is 84.8 cm³/mol. The molecular formula is C16H23N3O2. The average Bonchev–Trinajstić information content (AvgIpc) is 2.81. The molecule has 0 aliphatic rings. The van der Waals surface area contributed by atoms with Gasteiger partial charge in [-0.2, -0.15) is 0 Å². The molecule has 0 aliphatic heterocycles. The van der Waals surface area contributed by atoms with Crippen molar-refractivity contribution in [3.8, 4) is 0 Å². The van der Waals surface area contributed by atoms with Gasteiger partial charge in [-0.1, -0.05) is 39.0 Å². The molecule has 2 rings (SSSR count). The van der Waals surface area contributed by atoms with Gasteiger partial charge in [0.15, 0.2) is 0 Å². The summed E-state index contributed by atoms with van der Waals surface area (Å²) >= 11 is 0. The Kier molecular flexibility index (Phi) is 4.53. The third-order valence-corrected chi connectivity index (χ3v) is 3.37. The van der Waals surface area contributed by atoms with Crippen LogP contribution in [0.1, 0.15) is 32.0 Å². The number of hydrogen-bond donors (Lipinski definition) is 4. The number of aliphatic hydroxyl groups is 1. The molecule has 0 saturated carbocycles. The Morgan fingerprint density at radius 3 is 2.62 bits per heavy atom. The Hall–Kier alpha value is -2.01. The van der Waals surface area contributed by atoms with Crippen LogP contribution in [-0.2, 0) is 11.8 Å². The van der Waals surface area contributed by atoms with Crippen LogP contribution in [-0.4, -0.2) is 27.7 Å². The fourth-order valence-corrected chi connectivity index (χ4v) is 2.33. The minimum Gasteiger partial charge on any atom is -0.391 e. The second kappa shape index (κ2) is 6.18. The zero-order valence-electron chi connectivity index (χ0n) is 12.7. The topological polar surface area (TPSA) is 80.9 Å². The molecule has 5 nitrogen and oxygen atoms in total. The van der Waals surface area contributed by atoms with Crippen LogP contribution in [0.4, 0.5) is 5.69 Å². The van der Waals surface area contributed by atoms with E-state index in [1.54, 1.807) is 6.20 Å². The molecule has 0 aliphatic carbocycles. The molecule has 0 amide bonds. The molecule has 114 valence electrons. The number of imidazole rings is 1. The number of anilines is 1. The van der Waals surface area contributed by atoms with Gasteiger partial charge in [0.25, 0.3) is 0 Å². The molecule has 1 unspecified atom stereocenters. The molecule has 0 radical (unpaired) electrons. The summed E-state index contributed by atoms with van der Waals surface area (Å²) in [6.07, 6.45) is 1.43. The standard InChI is InChI=1S/C16H23N3O2/c1-16(2,3)13-6-4-5-7-14(13)17-10-12(20)8-11-9-18-15(21)19-11/h4-7,9,12,17,20H,8,10H2,1-3H3,(H2,18,19,21). The first-order chi connectivity index (χ1) is 9.86. The first-order valence-electron chi connectivity index (χ1n) is 7.14. The Morgan fingerprint density at radius 2 is 2.00 bits per heavy atom. The number of H-pyrrole nitrogens is 2. The van der Waals surface area contributed by atoms with E-state index in [4.69, 9.17) is 0 Å². The summed E-state index contributed by atoms with van der Waals surface area (Å²) in [5, 5.41) is 13.4. The van der Waals surface area contributed by atoms with E-state index in [0.29, 0.717) is 18.7 Å². The van der Waals surface area contributed by atoms with Crippen molar-refractivity contribution in [2.45, 2.75) is 38.7 Å². The predicted octanol–water partition coefficient (Wildman–Crippen LogP) is 2.02. The highest BCUT2D eigenvalue weighted by atomic mass is 16.3. The van der Waals surface area contributed by atoms with Crippen LogP contribution < -0.4 is 11.0 Å². The lowest BCUT2D eigenvalue weighted by molar-refractivity contribution is 0.187. The molecule has 1 aromatic carbocycles. The van der Waals surface area contributed by atoms with Crippen LogP contribution in [0.3, 0.4) is 0 Å². The van der Waals surface area contributed by atoms with Crippen LogP contribution in [0.15, 0.2) is 35.3 Å². The Balaban J connectivity index is 1.98. The molecule has 1 heterocycles. The summed E-state index contributed by atoms with van der Waals surface area (Å²) < 4.78 is 0. The van der Waals surface area contributed by atoms with Crippen LogP contribution in [0.2, 0.25) is 0 Å². The summed E-state index contributed by atoms with van der Waals surface area (Å²) in [6.45, 7) is 6.91. The van der Waals surface area contributed by atoms with Crippen molar-refractivity contribution in [2.75, 3.05) is 11.9 Å². The van der Waals surface area contributed by atoms with E-state index in [1.165, 1.54) is 5.56 Å². The highest BCUT2D eigenvalue weighted by Gasteiger charge is 2.17. The first-order valence-corrected chi connectivity index (χ1v) is 7.14. The third-order valence-electron chi connectivity index (χ3n) is 3.37. The first kappa shape index (κ1) is 15.4. The minimum atomic E-state index is -0.565. The monoisotopic (exact) mass is 289 g/mol. The highest BCUT2D eigenvalue weighted by molar-refractivity contribution is 5.54. The van der Waals surface area contributed by atoms with E-state index in [9.17, 15) is 9.90 Å². The summed E-state index contributed by atoms with van der Waals surface area (Å²) in [5.41, 5.74) is 2.75. The van der Waals surface area contributed by atoms with Gasteiger partial charge in [0.1, 0.15) is 0 Å². The van der Waals surface area contributed by atoms with E-state index < -0.39 is 6.10 Å². The van der Waals surface area contributed by atoms with Crippen LogP contribution in [0.25, 0.3) is 0 Å². The maximum absolute atomic E-state index is 11.0. The summed E-state index contributed by atoms with van der Waals surface area (Å²) in [6, 6.07) is 8.12. The van der Waals surface area contributed by atoms with Crippen molar-refractivity contribution in [3.63, 3.8) is 0 Å². The minimum absolute atomic E-state index is 0.0421. The molecule has 2 aromatic rings. The summed E-state index contributed by atoms with van der Waals surface area (Å²) in [7, 11) is 0. The zero-order valence-corrected chi connectivity index (χ0v) is 12.7. The van der Waals surface area contributed by atoms with E-state index in [1.807, 2.05) is 18.2 Å². The molecule has 4 N–H and O–H groups in total. The number of hydrogen-bond acceptors (Lipinski definition) is 3. The van der Waals surface area contributed by atoms with E-state index in [2.05, 4.69) is 42.1 Å². The van der Waals surface area contributed by atoms with Gasteiger partial charge in [0.05, 0.1) is 6.10 Å². The lowest BCUT2D eigenvalue weighted by Crippen LogP contribution is -2.24. The van der Waals surface area contributed by atoms with Crippen LogP contribution in [0.5, 0.6) is 0 Å². The van der Waals surface area contributed by atoms with Crippen molar-refractivity contribution in [1.82, 2.24) is 9.97 Å². The van der Waals surface area contributed by atoms with E-state index in [0.717, 1.165) is 5.69 Å². The second-order valence-electron chi connectivity index (χ2n) is 6.30. The van der Waals surface area contributed by atoms with E-state index in [-0.39, 0.29) is 11.1 Å². The fraction of sp³-hybridized carbons (Fsp3) is 0.438. The highest BCUT2D eigenvalue weighted by Crippen LogP contribution is 2.29. The maximum Gasteiger partial charge on any atom is 0.323 e. The normalized spacial score (nSPS) is 13.1. The van der Waals surface area contributed by atoms with Gasteiger partial charge in [0.2, 0.25) is 0 Å². The van der Waals surface area contributed by atoms with Gasteiger partial charge in [0, 0.05) is 30.5 Å². The molecular weight excluding hydrogens is 266 g/mol. The Morgan fingerprint density at radius 1 is 1.29 bits per heavy atom. The van der Waals surface area contributed by atoms with Crippen LogP contribution in [0, 0.1) is 0 Å². The quantitative estimate of drug-likeness (QED) is 0.680. The van der Waals surface area contributed by atoms with Crippen molar-refractivity contribution < 1.29 is 5.11 Å². The number of para-hydroxylation sites is 1. The Bertz CT molecular complexity index is 637. The summed E-state index contributed by atoms with van der Waals surface area (Å²) in [5.74, 6) is 0. The van der Waals surface area contributed by atoms with Gasteiger partial charge >= 0.3 is 5.69 Å². The van der Waals surface area contributed by atoms with Crippen molar-refractivity contribution in [3.05, 3.63) is 52.2 Å². The molecule has 0 fully saturated rings. The molecule has 1 atom stereocenters. The van der Waals surface area contributed by atoms with Gasteiger partial charge < -0.3 is 20.4 Å². The maximum atomic E-state index is 11.0. The largest absolute Gasteiger partial charge is 0.391 e. The molecule has 1 aromatic heterocycles. The second-order valence-corrected chi connectivity index (χ2v) is 6.30. The van der Waals surface area contributed by atoms with Crippen molar-refractivity contribution in [2.24, 2.45) is 0 Å². The van der Waals surface area contributed by atoms with Gasteiger partial charge in [-0.15, -0.1) is 0 Å². The third kappa shape index (κ3) is 4.23. The average molecular weight is 289 g/mol. The van der Waals surface area contributed by atoms with Crippen molar-refractivity contribution in [1.29, 1.82) is 0 Å². The lowest BCUT2D eigenvalue weighted by Gasteiger charge is -2.24. The number of aromatic amines is 2. The lowest BCUT2D eigenvalue weighted by atomic mass is 9.86. The zero-order chi connectivity index (χ0) is 15.5. The van der Waals surface area contributed by atoms with E-state index >= 15 is 0 Å². The number of aliphatic hydroxyl groups excluding tert-OH is 1.